The van der Waals surface area contributed by atoms with E-state index in [-0.39, 0.29) is 18.1 Å². The molecule has 2 aromatic carbocycles. The summed E-state index contributed by atoms with van der Waals surface area (Å²) in [7, 11) is 4.48. The quantitative estimate of drug-likeness (QED) is 0.515. The predicted molar refractivity (Wildman–Crippen MR) is 115 cm³/mol. The van der Waals surface area contributed by atoms with Crippen molar-refractivity contribution in [1.82, 2.24) is 4.90 Å². The van der Waals surface area contributed by atoms with E-state index in [0.29, 0.717) is 35.9 Å². The molecule has 0 N–H and O–H groups in total. The van der Waals surface area contributed by atoms with E-state index in [2.05, 4.69) is 30.0 Å². The number of rotatable bonds is 7. The van der Waals surface area contributed by atoms with Crippen molar-refractivity contribution in [1.29, 1.82) is 0 Å². The van der Waals surface area contributed by atoms with Crippen LogP contribution in [-0.4, -0.2) is 64.1 Å². The topological polar surface area (TPSA) is 68.3 Å². The van der Waals surface area contributed by atoms with E-state index in [1.54, 1.807) is 17.0 Å². The van der Waals surface area contributed by atoms with E-state index in [1.807, 2.05) is 6.07 Å². The van der Waals surface area contributed by atoms with Crippen LogP contribution in [0.4, 0.5) is 5.69 Å². The fourth-order valence-corrected chi connectivity index (χ4v) is 3.63. The Labute approximate surface area is 177 Å². The van der Waals surface area contributed by atoms with Gasteiger partial charge in [-0.3, -0.25) is 9.59 Å². The molecule has 1 fully saturated rings. The molecule has 3 rings (SSSR count). The molecule has 30 heavy (non-hydrogen) atoms. The van der Waals surface area contributed by atoms with Crippen LogP contribution in [-0.2, 0) is 4.79 Å². The first-order valence-electron chi connectivity index (χ1n) is 9.89. The van der Waals surface area contributed by atoms with E-state index >= 15 is 0 Å². The van der Waals surface area contributed by atoms with E-state index < -0.39 is 0 Å². The van der Waals surface area contributed by atoms with Gasteiger partial charge in [0.05, 0.1) is 27.8 Å². The Hall–Kier alpha value is -3.22. The number of benzene rings is 2. The van der Waals surface area contributed by atoms with Gasteiger partial charge in [-0.1, -0.05) is 12.1 Å². The van der Waals surface area contributed by atoms with Gasteiger partial charge in [0.1, 0.15) is 0 Å². The molecule has 160 valence electrons. The molecule has 0 radical (unpaired) electrons. The number of piperazine rings is 1. The molecule has 1 aliphatic rings. The fraction of sp³-hybridized carbons (Fsp3) is 0.391. The normalized spacial score (nSPS) is 13.7. The van der Waals surface area contributed by atoms with Crippen LogP contribution in [0.3, 0.4) is 0 Å². The summed E-state index contributed by atoms with van der Waals surface area (Å²) < 4.78 is 15.9. The second-order valence-electron chi connectivity index (χ2n) is 7.22. The van der Waals surface area contributed by atoms with Crippen LogP contribution in [0.1, 0.15) is 22.3 Å². The summed E-state index contributed by atoms with van der Waals surface area (Å²) in [6.45, 7) is 4.74. The third kappa shape index (κ3) is 4.67. The van der Waals surface area contributed by atoms with Crippen molar-refractivity contribution in [3.8, 4) is 17.2 Å². The van der Waals surface area contributed by atoms with Gasteiger partial charge >= 0.3 is 0 Å². The first kappa shape index (κ1) is 21.5. The second kappa shape index (κ2) is 9.52. The van der Waals surface area contributed by atoms with Crippen LogP contribution in [0.2, 0.25) is 0 Å². The molecule has 0 aromatic heterocycles. The number of anilines is 1. The summed E-state index contributed by atoms with van der Waals surface area (Å²) in [4.78, 5) is 29.5. The van der Waals surface area contributed by atoms with Gasteiger partial charge in [-0.05, 0) is 36.8 Å². The van der Waals surface area contributed by atoms with E-state index in [9.17, 15) is 9.59 Å². The van der Waals surface area contributed by atoms with Crippen molar-refractivity contribution in [3.05, 3.63) is 47.5 Å². The highest BCUT2D eigenvalue weighted by molar-refractivity contribution is 6.08. The molecular weight excluding hydrogens is 384 g/mol. The summed E-state index contributed by atoms with van der Waals surface area (Å²) in [5, 5.41) is 0. The number of ketones is 1. The molecule has 1 amide bonds. The predicted octanol–water partition coefficient (Wildman–Crippen LogP) is 2.94. The molecule has 0 saturated carbocycles. The first-order chi connectivity index (χ1) is 14.5. The molecule has 7 nitrogen and oxygen atoms in total. The summed E-state index contributed by atoms with van der Waals surface area (Å²) in [5.41, 5.74) is 2.73. The summed E-state index contributed by atoms with van der Waals surface area (Å²) in [6.07, 6.45) is -0.191. The average molecular weight is 412 g/mol. The molecule has 0 aliphatic carbocycles. The van der Waals surface area contributed by atoms with Crippen LogP contribution >= 0.6 is 0 Å². The summed E-state index contributed by atoms with van der Waals surface area (Å²) >= 11 is 0. The van der Waals surface area contributed by atoms with Gasteiger partial charge in [0.2, 0.25) is 11.7 Å². The zero-order chi connectivity index (χ0) is 21.7. The Kier molecular flexibility index (Phi) is 6.82. The van der Waals surface area contributed by atoms with Crippen LogP contribution in [0, 0.1) is 6.92 Å². The Morgan fingerprint density at radius 3 is 2.07 bits per heavy atom. The molecule has 1 saturated heterocycles. The van der Waals surface area contributed by atoms with Gasteiger partial charge in [-0.25, -0.2) is 0 Å². The second-order valence-corrected chi connectivity index (χ2v) is 7.22. The van der Waals surface area contributed by atoms with Crippen LogP contribution in [0.15, 0.2) is 36.4 Å². The molecule has 1 aliphatic heterocycles. The van der Waals surface area contributed by atoms with Crippen LogP contribution in [0.25, 0.3) is 0 Å². The molecule has 1 heterocycles. The van der Waals surface area contributed by atoms with Gasteiger partial charge in [0, 0.05) is 37.4 Å². The van der Waals surface area contributed by atoms with Crippen molar-refractivity contribution in [3.63, 3.8) is 0 Å². The molecule has 7 heteroatoms. The number of amides is 1. The maximum atomic E-state index is 12.7. The number of hydrogen-bond acceptors (Lipinski definition) is 6. The van der Waals surface area contributed by atoms with Gasteiger partial charge in [-0.15, -0.1) is 0 Å². The fourth-order valence-electron chi connectivity index (χ4n) is 3.63. The van der Waals surface area contributed by atoms with E-state index in [1.165, 1.54) is 26.9 Å². The van der Waals surface area contributed by atoms with Gasteiger partial charge in [-0.2, -0.15) is 0 Å². The van der Waals surface area contributed by atoms with Crippen molar-refractivity contribution < 1.29 is 23.8 Å². The monoisotopic (exact) mass is 412 g/mol. The van der Waals surface area contributed by atoms with E-state index in [0.717, 1.165) is 18.8 Å². The Balaban J connectivity index is 1.63. The van der Waals surface area contributed by atoms with Gasteiger partial charge in [0.15, 0.2) is 17.3 Å². The molecule has 0 unspecified atom stereocenters. The lowest BCUT2D eigenvalue weighted by Crippen LogP contribution is -2.49. The number of methoxy groups -OCH3 is 3. The Morgan fingerprint density at radius 2 is 1.53 bits per heavy atom. The third-order valence-electron chi connectivity index (χ3n) is 5.30. The summed E-state index contributed by atoms with van der Waals surface area (Å²) in [6, 6.07) is 11.5. The molecule has 0 atom stereocenters. The number of hydrogen-bond donors (Lipinski definition) is 0. The average Bonchev–Trinajstić information content (AvgIpc) is 2.77. The van der Waals surface area contributed by atoms with Crippen molar-refractivity contribution in [2.45, 2.75) is 13.3 Å². The van der Waals surface area contributed by atoms with Gasteiger partial charge < -0.3 is 24.0 Å². The molecule has 0 bridgehead atoms. The third-order valence-corrected chi connectivity index (χ3v) is 5.30. The van der Waals surface area contributed by atoms with Crippen molar-refractivity contribution >= 4 is 17.4 Å². The minimum Gasteiger partial charge on any atom is -0.493 e. The minimum atomic E-state index is -0.277. The first-order valence-corrected chi connectivity index (χ1v) is 9.89. The minimum absolute atomic E-state index is 0.169. The Bertz CT molecular complexity index is 895. The van der Waals surface area contributed by atoms with Crippen LogP contribution < -0.4 is 19.1 Å². The lowest BCUT2D eigenvalue weighted by Gasteiger charge is -2.36. The number of Topliss-reactive ketones (excluding diaryl/α,β-unsaturated/α-hetero) is 1. The van der Waals surface area contributed by atoms with Gasteiger partial charge in [0.25, 0.3) is 0 Å². The number of ether oxygens (including phenoxy) is 3. The van der Waals surface area contributed by atoms with Crippen LogP contribution in [0.5, 0.6) is 17.2 Å². The SMILES string of the molecule is COc1cc(C(=O)CC(=O)N2CCN(c3cccc(C)c3)CC2)cc(OC)c1OC. The lowest BCUT2D eigenvalue weighted by molar-refractivity contribution is -0.130. The molecule has 0 spiro atoms. The maximum Gasteiger partial charge on any atom is 0.230 e. The molecular formula is C23H28N2O5. The van der Waals surface area contributed by atoms with Crippen molar-refractivity contribution in [2.75, 3.05) is 52.4 Å². The highest BCUT2D eigenvalue weighted by atomic mass is 16.5. The zero-order valence-corrected chi connectivity index (χ0v) is 17.9. The standard InChI is InChI=1S/C23H28N2O5/c1-16-6-5-7-18(12-16)24-8-10-25(11-9-24)22(27)15-19(26)17-13-20(28-2)23(30-4)21(14-17)29-3/h5-7,12-14H,8-11,15H2,1-4H3. The highest BCUT2D eigenvalue weighted by Crippen LogP contribution is 2.38. The number of nitrogens with zero attached hydrogens (tertiary/aromatic N) is 2. The van der Waals surface area contributed by atoms with E-state index in [4.69, 9.17) is 14.2 Å². The largest absolute Gasteiger partial charge is 0.493 e. The number of aryl methyl sites for hydroxylation is 1. The Morgan fingerprint density at radius 1 is 0.900 bits per heavy atom. The van der Waals surface area contributed by atoms with Crippen molar-refractivity contribution in [2.24, 2.45) is 0 Å². The molecule has 2 aromatic rings. The smallest absolute Gasteiger partial charge is 0.230 e. The number of carbonyl (C=O) groups excluding carboxylic acids is 2. The maximum absolute atomic E-state index is 12.7. The number of carbonyl (C=O) groups is 2. The lowest BCUT2D eigenvalue weighted by atomic mass is 10.1. The zero-order valence-electron chi connectivity index (χ0n) is 17.9. The highest BCUT2D eigenvalue weighted by Gasteiger charge is 2.25. The summed E-state index contributed by atoms with van der Waals surface area (Å²) in [5.74, 6) is 0.743.